The van der Waals surface area contributed by atoms with Crippen LogP contribution in [0.15, 0.2) is 23.2 Å². The molecule has 0 aliphatic carbocycles. The molecule has 0 amide bonds. The number of carboxylic acid groups (broad SMARTS) is 1. The highest BCUT2D eigenvalue weighted by Gasteiger charge is 2.39. The van der Waals surface area contributed by atoms with Crippen LogP contribution in [0.25, 0.3) is 0 Å². The predicted molar refractivity (Wildman–Crippen MR) is 73.1 cm³/mol. The molecule has 0 radical (unpaired) electrons. The molecule has 20 heavy (non-hydrogen) atoms. The first-order chi connectivity index (χ1) is 9.34. The highest BCUT2D eigenvalue weighted by Crippen LogP contribution is 2.26. The summed E-state index contributed by atoms with van der Waals surface area (Å²) in [6.07, 6.45) is 2.17. The van der Waals surface area contributed by atoms with Crippen LogP contribution < -0.4 is 4.90 Å². The van der Waals surface area contributed by atoms with Crippen molar-refractivity contribution >= 4 is 21.8 Å². The van der Waals surface area contributed by atoms with Crippen LogP contribution in [0.5, 0.6) is 0 Å². The van der Waals surface area contributed by atoms with Gasteiger partial charge in [-0.25, -0.2) is 13.4 Å². The minimum Gasteiger partial charge on any atom is -0.480 e. The molecular formula is C12H17N3O4S. The summed E-state index contributed by atoms with van der Waals surface area (Å²) in [6.45, 7) is 0.231. The van der Waals surface area contributed by atoms with E-state index in [4.69, 9.17) is 5.11 Å². The van der Waals surface area contributed by atoms with Crippen LogP contribution in [0.3, 0.4) is 0 Å². The van der Waals surface area contributed by atoms with E-state index in [0.29, 0.717) is 18.7 Å². The molecule has 1 aliphatic heterocycles. The number of aromatic nitrogens is 1. The van der Waals surface area contributed by atoms with Crippen LogP contribution in [0.4, 0.5) is 5.82 Å². The van der Waals surface area contributed by atoms with Gasteiger partial charge in [-0.05, 0) is 25.0 Å². The zero-order valence-electron chi connectivity index (χ0n) is 11.4. The number of carbonyl (C=O) groups is 1. The minimum atomic E-state index is -3.80. The fourth-order valence-electron chi connectivity index (χ4n) is 2.20. The number of rotatable bonds is 4. The topological polar surface area (TPSA) is 90.8 Å². The van der Waals surface area contributed by atoms with E-state index in [9.17, 15) is 13.2 Å². The maximum atomic E-state index is 12.4. The first kappa shape index (κ1) is 14.7. The molecule has 110 valence electrons. The number of anilines is 1. The number of sulfonamides is 1. The molecule has 1 fully saturated rings. The lowest BCUT2D eigenvalue weighted by molar-refractivity contribution is -0.140. The van der Waals surface area contributed by atoms with Crippen molar-refractivity contribution in [2.75, 3.05) is 25.5 Å². The maximum absolute atomic E-state index is 12.4. The lowest BCUT2D eigenvalue weighted by atomic mass is 10.2. The van der Waals surface area contributed by atoms with Crippen LogP contribution in [0, 0.1) is 0 Å². The number of pyridine rings is 1. The standard InChI is InChI=1S/C12H17N3O4S/c1-14(2)11-6-5-9(8-13-11)20(18,19)15-7-3-4-10(15)12(16)17/h5-6,8,10H,3-4,7H2,1-2H3,(H,16,17). The molecule has 1 aliphatic rings. The second kappa shape index (κ2) is 5.37. The first-order valence-corrected chi connectivity index (χ1v) is 7.66. The molecule has 1 saturated heterocycles. The molecule has 1 unspecified atom stereocenters. The number of hydrogen-bond donors (Lipinski definition) is 1. The monoisotopic (exact) mass is 299 g/mol. The minimum absolute atomic E-state index is 0.0243. The van der Waals surface area contributed by atoms with Crippen molar-refractivity contribution in [1.29, 1.82) is 0 Å². The molecule has 2 heterocycles. The Morgan fingerprint density at radius 2 is 2.15 bits per heavy atom. The molecule has 0 aromatic carbocycles. The maximum Gasteiger partial charge on any atom is 0.322 e. The third-order valence-corrected chi connectivity index (χ3v) is 5.17. The molecule has 2 rings (SSSR count). The number of aliphatic carboxylic acids is 1. The Labute approximate surface area is 117 Å². The predicted octanol–water partition coefficient (Wildman–Crippen LogP) is 0.385. The molecule has 8 heteroatoms. The molecule has 0 bridgehead atoms. The summed E-state index contributed by atoms with van der Waals surface area (Å²) in [5, 5.41) is 9.08. The van der Waals surface area contributed by atoms with E-state index in [-0.39, 0.29) is 11.4 Å². The van der Waals surface area contributed by atoms with Gasteiger partial charge in [0.1, 0.15) is 16.8 Å². The fourth-order valence-corrected chi connectivity index (χ4v) is 3.80. The van der Waals surface area contributed by atoms with Crippen LogP contribution in [0.2, 0.25) is 0 Å². The second-order valence-corrected chi connectivity index (χ2v) is 6.75. The number of hydrogen-bond acceptors (Lipinski definition) is 5. The molecular weight excluding hydrogens is 282 g/mol. The Morgan fingerprint density at radius 3 is 2.65 bits per heavy atom. The third-order valence-electron chi connectivity index (χ3n) is 3.27. The van der Waals surface area contributed by atoms with Crippen LogP contribution in [-0.2, 0) is 14.8 Å². The van der Waals surface area contributed by atoms with Gasteiger partial charge >= 0.3 is 5.97 Å². The van der Waals surface area contributed by atoms with Crippen molar-refractivity contribution in [3.05, 3.63) is 18.3 Å². The van der Waals surface area contributed by atoms with E-state index in [2.05, 4.69) is 4.98 Å². The second-order valence-electron chi connectivity index (χ2n) is 4.86. The van der Waals surface area contributed by atoms with Gasteiger partial charge in [-0.3, -0.25) is 4.79 Å². The molecule has 1 atom stereocenters. The fraction of sp³-hybridized carbons (Fsp3) is 0.500. The average molecular weight is 299 g/mol. The Morgan fingerprint density at radius 1 is 1.45 bits per heavy atom. The summed E-state index contributed by atoms with van der Waals surface area (Å²) >= 11 is 0. The third kappa shape index (κ3) is 2.61. The van der Waals surface area contributed by atoms with Crippen molar-refractivity contribution in [3.8, 4) is 0 Å². The zero-order chi connectivity index (χ0) is 14.9. The Bertz CT molecular complexity index is 598. The summed E-state index contributed by atoms with van der Waals surface area (Å²) < 4.78 is 25.9. The van der Waals surface area contributed by atoms with E-state index in [0.717, 1.165) is 4.31 Å². The van der Waals surface area contributed by atoms with Gasteiger partial charge in [0.2, 0.25) is 10.0 Å². The number of carboxylic acids is 1. The molecule has 0 spiro atoms. The first-order valence-electron chi connectivity index (χ1n) is 6.22. The van der Waals surface area contributed by atoms with Crippen LogP contribution in [-0.4, -0.2) is 55.5 Å². The molecule has 1 aromatic rings. The van der Waals surface area contributed by atoms with Gasteiger partial charge in [0, 0.05) is 26.8 Å². The normalized spacial score (nSPS) is 20.0. The van der Waals surface area contributed by atoms with Gasteiger partial charge in [-0.1, -0.05) is 0 Å². The van der Waals surface area contributed by atoms with Gasteiger partial charge in [0.25, 0.3) is 0 Å². The largest absolute Gasteiger partial charge is 0.480 e. The van der Waals surface area contributed by atoms with Gasteiger partial charge in [0.15, 0.2) is 0 Å². The summed E-state index contributed by atoms with van der Waals surface area (Å²) in [5.41, 5.74) is 0. The van der Waals surface area contributed by atoms with E-state index < -0.39 is 22.0 Å². The Hall–Kier alpha value is -1.67. The highest BCUT2D eigenvalue weighted by atomic mass is 32.2. The van der Waals surface area contributed by atoms with Gasteiger partial charge < -0.3 is 10.0 Å². The van der Waals surface area contributed by atoms with Crippen molar-refractivity contribution in [1.82, 2.24) is 9.29 Å². The zero-order valence-corrected chi connectivity index (χ0v) is 12.2. The summed E-state index contributed by atoms with van der Waals surface area (Å²) in [5.74, 6) is -0.468. The molecule has 0 saturated carbocycles. The Kier molecular flexibility index (Phi) is 3.96. The summed E-state index contributed by atoms with van der Waals surface area (Å²) in [7, 11) is -0.198. The highest BCUT2D eigenvalue weighted by molar-refractivity contribution is 7.89. The Balaban J connectivity index is 2.32. The van der Waals surface area contributed by atoms with E-state index in [1.54, 1.807) is 25.1 Å². The van der Waals surface area contributed by atoms with Crippen LogP contribution >= 0.6 is 0 Å². The quantitative estimate of drug-likeness (QED) is 0.864. The molecule has 7 nitrogen and oxygen atoms in total. The van der Waals surface area contributed by atoms with E-state index in [1.165, 1.54) is 12.3 Å². The van der Waals surface area contributed by atoms with Gasteiger partial charge in [0.05, 0.1) is 0 Å². The van der Waals surface area contributed by atoms with Gasteiger partial charge in [-0.15, -0.1) is 0 Å². The van der Waals surface area contributed by atoms with Crippen molar-refractivity contribution < 1.29 is 18.3 Å². The summed E-state index contributed by atoms with van der Waals surface area (Å²) in [6, 6.07) is 2.07. The van der Waals surface area contributed by atoms with Crippen molar-refractivity contribution in [2.24, 2.45) is 0 Å². The van der Waals surface area contributed by atoms with E-state index >= 15 is 0 Å². The van der Waals surface area contributed by atoms with Gasteiger partial charge in [-0.2, -0.15) is 4.31 Å². The van der Waals surface area contributed by atoms with Crippen LogP contribution in [0.1, 0.15) is 12.8 Å². The number of nitrogens with zero attached hydrogens (tertiary/aromatic N) is 3. The van der Waals surface area contributed by atoms with E-state index in [1.807, 2.05) is 0 Å². The summed E-state index contributed by atoms with van der Waals surface area (Å²) in [4.78, 5) is 16.9. The van der Waals surface area contributed by atoms with Crippen molar-refractivity contribution in [2.45, 2.75) is 23.8 Å². The van der Waals surface area contributed by atoms with Crippen molar-refractivity contribution in [3.63, 3.8) is 0 Å². The molecule has 1 N–H and O–H groups in total. The lowest BCUT2D eigenvalue weighted by Crippen LogP contribution is -2.40. The lowest BCUT2D eigenvalue weighted by Gasteiger charge is -2.21. The SMILES string of the molecule is CN(C)c1ccc(S(=O)(=O)N2CCCC2C(=O)O)cn1. The smallest absolute Gasteiger partial charge is 0.322 e. The average Bonchev–Trinajstić information content (AvgIpc) is 2.89. The molecule has 1 aromatic heterocycles.